The number of nitrogens with one attached hydrogen (secondary N) is 1. The monoisotopic (exact) mass is 237 g/mol. The van der Waals surface area contributed by atoms with E-state index in [1.54, 1.807) is 0 Å². The summed E-state index contributed by atoms with van der Waals surface area (Å²) in [5.41, 5.74) is 1.57. The van der Waals surface area contributed by atoms with Gasteiger partial charge in [0.2, 0.25) is 0 Å². The van der Waals surface area contributed by atoms with Gasteiger partial charge >= 0.3 is 0 Å². The zero-order valence-corrected chi connectivity index (χ0v) is 12.2. The van der Waals surface area contributed by atoms with Crippen molar-refractivity contribution in [1.82, 2.24) is 5.32 Å². The second-order valence-corrected chi connectivity index (χ2v) is 5.60. The number of hydrogen-bond donors (Lipinski definition) is 1. The van der Waals surface area contributed by atoms with Crippen LogP contribution in [-0.4, -0.2) is 6.54 Å². The third kappa shape index (κ3) is 3.35. The van der Waals surface area contributed by atoms with Gasteiger partial charge in [0, 0.05) is 11.6 Å². The number of furan rings is 1. The quantitative estimate of drug-likeness (QED) is 0.794. The van der Waals surface area contributed by atoms with E-state index in [4.69, 9.17) is 4.42 Å². The minimum atomic E-state index is 0.246. The van der Waals surface area contributed by atoms with Gasteiger partial charge in [0.25, 0.3) is 0 Å². The molecule has 1 atom stereocenters. The molecule has 0 aliphatic carbocycles. The van der Waals surface area contributed by atoms with Gasteiger partial charge in [-0.2, -0.15) is 0 Å². The molecule has 2 heteroatoms. The lowest BCUT2D eigenvalue weighted by atomic mass is 9.78. The normalized spacial score (nSPS) is 14.0. The van der Waals surface area contributed by atoms with Crippen LogP contribution in [0.3, 0.4) is 0 Å². The van der Waals surface area contributed by atoms with E-state index in [1.807, 2.05) is 6.92 Å². The van der Waals surface area contributed by atoms with Crippen molar-refractivity contribution in [2.75, 3.05) is 6.54 Å². The molecule has 1 rings (SSSR count). The Balaban J connectivity index is 3.01. The number of aryl methyl sites for hydroxylation is 2. The van der Waals surface area contributed by atoms with Crippen molar-refractivity contribution in [3.63, 3.8) is 0 Å². The highest BCUT2D eigenvalue weighted by molar-refractivity contribution is 5.26. The van der Waals surface area contributed by atoms with E-state index in [2.05, 4.69) is 46.0 Å². The Labute approximate surface area is 106 Å². The zero-order chi connectivity index (χ0) is 13.1. The summed E-state index contributed by atoms with van der Waals surface area (Å²) in [5, 5.41) is 3.67. The molecule has 1 N–H and O–H groups in total. The summed E-state index contributed by atoms with van der Waals surface area (Å²) in [6.07, 6.45) is 2.31. The Morgan fingerprint density at radius 3 is 2.35 bits per heavy atom. The molecule has 0 saturated heterocycles. The van der Waals surface area contributed by atoms with Crippen LogP contribution in [0.15, 0.2) is 10.5 Å². The Morgan fingerprint density at radius 2 is 1.94 bits per heavy atom. The van der Waals surface area contributed by atoms with E-state index in [0.717, 1.165) is 30.9 Å². The molecule has 0 radical (unpaired) electrons. The van der Waals surface area contributed by atoms with Gasteiger partial charge in [-0.05, 0) is 44.7 Å². The molecular weight excluding hydrogens is 210 g/mol. The molecule has 1 heterocycles. The summed E-state index contributed by atoms with van der Waals surface area (Å²) in [5.74, 6) is 2.06. The summed E-state index contributed by atoms with van der Waals surface area (Å²) < 4.78 is 5.68. The molecule has 0 aliphatic rings. The van der Waals surface area contributed by atoms with E-state index in [0.29, 0.717) is 6.04 Å². The standard InChI is InChI=1S/C15H27NO/c1-7-9-16-14(15(5,6)8-2)13-10-11(3)17-12(13)4/h10,14,16H,7-9H2,1-6H3. The molecule has 1 aromatic heterocycles. The zero-order valence-electron chi connectivity index (χ0n) is 12.2. The van der Waals surface area contributed by atoms with Gasteiger partial charge in [0.15, 0.2) is 0 Å². The lowest BCUT2D eigenvalue weighted by molar-refractivity contribution is 0.232. The number of rotatable bonds is 6. The second-order valence-electron chi connectivity index (χ2n) is 5.60. The first-order valence-corrected chi connectivity index (χ1v) is 6.72. The van der Waals surface area contributed by atoms with E-state index in [-0.39, 0.29) is 5.41 Å². The summed E-state index contributed by atoms with van der Waals surface area (Å²) in [6.45, 7) is 14.2. The Hall–Kier alpha value is -0.760. The van der Waals surface area contributed by atoms with Gasteiger partial charge < -0.3 is 9.73 Å². The van der Waals surface area contributed by atoms with Crippen LogP contribution in [0.2, 0.25) is 0 Å². The molecule has 0 saturated carbocycles. The topological polar surface area (TPSA) is 25.2 Å². The lowest BCUT2D eigenvalue weighted by Gasteiger charge is -2.34. The van der Waals surface area contributed by atoms with Crippen LogP contribution < -0.4 is 5.32 Å². The van der Waals surface area contributed by atoms with E-state index >= 15 is 0 Å². The van der Waals surface area contributed by atoms with Crippen molar-refractivity contribution in [2.45, 2.75) is 60.4 Å². The van der Waals surface area contributed by atoms with Crippen LogP contribution in [0.4, 0.5) is 0 Å². The highest BCUT2D eigenvalue weighted by atomic mass is 16.3. The summed E-state index contributed by atoms with van der Waals surface area (Å²) in [7, 11) is 0. The third-order valence-corrected chi connectivity index (χ3v) is 3.68. The molecule has 0 amide bonds. The van der Waals surface area contributed by atoms with Gasteiger partial charge in [-0.15, -0.1) is 0 Å². The van der Waals surface area contributed by atoms with Crippen molar-refractivity contribution in [3.05, 3.63) is 23.2 Å². The fourth-order valence-electron chi connectivity index (χ4n) is 2.24. The first-order chi connectivity index (χ1) is 7.92. The average molecular weight is 237 g/mol. The minimum absolute atomic E-state index is 0.246. The van der Waals surface area contributed by atoms with Crippen LogP contribution in [-0.2, 0) is 0 Å². The van der Waals surface area contributed by atoms with Gasteiger partial charge in [-0.25, -0.2) is 0 Å². The predicted molar refractivity (Wildman–Crippen MR) is 73.3 cm³/mol. The van der Waals surface area contributed by atoms with Crippen molar-refractivity contribution in [2.24, 2.45) is 5.41 Å². The highest BCUT2D eigenvalue weighted by Crippen LogP contribution is 2.38. The van der Waals surface area contributed by atoms with Gasteiger partial charge in [0.1, 0.15) is 11.5 Å². The lowest BCUT2D eigenvalue weighted by Crippen LogP contribution is -2.34. The minimum Gasteiger partial charge on any atom is -0.466 e. The van der Waals surface area contributed by atoms with Crippen LogP contribution >= 0.6 is 0 Å². The smallest absolute Gasteiger partial charge is 0.105 e. The maximum Gasteiger partial charge on any atom is 0.105 e. The van der Waals surface area contributed by atoms with Gasteiger partial charge in [0.05, 0.1) is 0 Å². The second kappa shape index (κ2) is 5.72. The molecule has 0 aromatic carbocycles. The first-order valence-electron chi connectivity index (χ1n) is 6.72. The first kappa shape index (κ1) is 14.3. The molecule has 98 valence electrons. The molecular formula is C15H27NO. The maximum atomic E-state index is 5.68. The van der Waals surface area contributed by atoms with Gasteiger partial charge in [-0.1, -0.05) is 27.7 Å². The molecule has 0 bridgehead atoms. The van der Waals surface area contributed by atoms with Crippen molar-refractivity contribution in [3.8, 4) is 0 Å². The van der Waals surface area contributed by atoms with Crippen molar-refractivity contribution < 1.29 is 4.42 Å². The molecule has 17 heavy (non-hydrogen) atoms. The molecule has 0 aliphatic heterocycles. The average Bonchev–Trinajstić information content (AvgIpc) is 2.58. The van der Waals surface area contributed by atoms with E-state index in [1.165, 1.54) is 5.56 Å². The fourth-order valence-corrected chi connectivity index (χ4v) is 2.24. The van der Waals surface area contributed by atoms with E-state index < -0.39 is 0 Å². The number of hydrogen-bond acceptors (Lipinski definition) is 2. The summed E-state index contributed by atoms with van der Waals surface area (Å²) in [6, 6.07) is 2.56. The van der Waals surface area contributed by atoms with Crippen molar-refractivity contribution in [1.29, 1.82) is 0 Å². The molecule has 0 spiro atoms. The van der Waals surface area contributed by atoms with Crippen molar-refractivity contribution >= 4 is 0 Å². The van der Waals surface area contributed by atoms with Gasteiger partial charge in [-0.3, -0.25) is 0 Å². The predicted octanol–water partition coefficient (Wildman–Crippen LogP) is 4.37. The Bertz CT molecular complexity index is 352. The Morgan fingerprint density at radius 1 is 1.29 bits per heavy atom. The van der Waals surface area contributed by atoms with Crippen LogP contribution in [0.5, 0.6) is 0 Å². The third-order valence-electron chi connectivity index (χ3n) is 3.68. The van der Waals surface area contributed by atoms with Crippen LogP contribution in [0.1, 0.15) is 63.7 Å². The van der Waals surface area contributed by atoms with Crippen LogP contribution in [0, 0.1) is 19.3 Å². The highest BCUT2D eigenvalue weighted by Gasteiger charge is 2.31. The summed E-state index contributed by atoms with van der Waals surface area (Å²) >= 11 is 0. The fraction of sp³-hybridized carbons (Fsp3) is 0.733. The molecule has 1 unspecified atom stereocenters. The molecule has 1 aromatic rings. The van der Waals surface area contributed by atoms with Crippen LogP contribution in [0.25, 0.3) is 0 Å². The maximum absolute atomic E-state index is 5.68. The largest absolute Gasteiger partial charge is 0.466 e. The summed E-state index contributed by atoms with van der Waals surface area (Å²) in [4.78, 5) is 0. The SMILES string of the molecule is CCCNC(c1cc(C)oc1C)C(C)(C)CC. The Kier molecular flexibility index (Phi) is 4.81. The van der Waals surface area contributed by atoms with E-state index in [9.17, 15) is 0 Å². The molecule has 2 nitrogen and oxygen atoms in total. The molecule has 0 fully saturated rings.